The van der Waals surface area contributed by atoms with Crippen molar-refractivity contribution in [2.24, 2.45) is 0 Å². The Morgan fingerprint density at radius 3 is 2.57 bits per heavy atom. The van der Waals surface area contributed by atoms with E-state index in [2.05, 4.69) is 65.4 Å². The lowest BCUT2D eigenvalue weighted by atomic mass is 10.1. The second-order valence-corrected chi connectivity index (χ2v) is 8.56. The maximum atomic E-state index is 13.2. The second kappa shape index (κ2) is 8.98. The van der Waals surface area contributed by atoms with E-state index in [4.69, 9.17) is 0 Å². The van der Waals surface area contributed by atoms with Crippen LogP contribution < -0.4 is 5.32 Å². The fraction of sp³-hybridized carbons (Fsp3) is 0.417. The first-order chi connectivity index (χ1) is 14.5. The first-order valence-electron chi connectivity index (χ1n) is 10.7. The standard InChI is InChI=1S/C24H31N5O/c1-18(2)29-22-12-8-7-11-21(22)23(26-29)24(30)25-20-16-27(3)13-14-28(17-20)15-19-9-5-4-6-10-19/h4-12,18,20H,13-17H2,1-3H3,(H,25,30). The van der Waals surface area contributed by atoms with Gasteiger partial charge in [0, 0.05) is 44.2 Å². The van der Waals surface area contributed by atoms with Crippen molar-refractivity contribution in [1.82, 2.24) is 24.9 Å². The number of aromatic nitrogens is 2. The van der Waals surface area contributed by atoms with Crippen molar-refractivity contribution in [2.45, 2.75) is 32.5 Å². The van der Waals surface area contributed by atoms with Crippen LogP contribution in [0.15, 0.2) is 54.6 Å². The van der Waals surface area contributed by atoms with Gasteiger partial charge in [0.25, 0.3) is 5.91 Å². The molecule has 0 aliphatic carbocycles. The highest BCUT2D eigenvalue weighted by atomic mass is 16.2. The van der Waals surface area contributed by atoms with Crippen LogP contribution in [0.5, 0.6) is 0 Å². The summed E-state index contributed by atoms with van der Waals surface area (Å²) in [4.78, 5) is 17.9. The lowest BCUT2D eigenvalue weighted by molar-refractivity contribution is 0.0919. The summed E-state index contributed by atoms with van der Waals surface area (Å²) in [5.74, 6) is -0.0921. The van der Waals surface area contributed by atoms with E-state index in [0.29, 0.717) is 5.69 Å². The summed E-state index contributed by atoms with van der Waals surface area (Å²) in [6.07, 6.45) is 0. The van der Waals surface area contributed by atoms with Crippen molar-refractivity contribution in [3.63, 3.8) is 0 Å². The van der Waals surface area contributed by atoms with Crippen LogP contribution in [0.1, 0.15) is 35.9 Å². The molecule has 1 aliphatic heterocycles. The molecular formula is C24H31N5O. The Kier molecular flexibility index (Phi) is 6.16. The average Bonchev–Trinajstić information content (AvgIpc) is 3.04. The van der Waals surface area contributed by atoms with Crippen LogP contribution in [-0.4, -0.2) is 64.8 Å². The largest absolute Gasteiger partial charge is 0.345 e. The molecule has 1 atom stereocenters. The number of carbonyl (C=O) groups is 1. The van der Waals surface area contributed by atoms with Gasteiger partial charge in [0.15, 0.2) is 5.69 Å². The summed E-state index contributed by atoms with van der Waals surface area (Å²) in [5.41, 5.74) is 2.82. The topological polar surface area (TPSA) is 53.4 Å². The van der Waals surface area contributed by atoms with Gasteiger partial charge in [-0.2, -0.15) is 5.10 Å². The molecule has 1 amide bonds. The molecule has 1 N–H and O–H groups in total. The number of hydrogen-bond acceptors (Lipinski definition) is 4. The van der Waals surface area contributed by atoms with E-state index in [1.807, 2.05) is 35.0 Å². The number of amides is 1. The van der Waals surface area contributed by atoms with Crippen molar-refractivity contribution >= 4 is 16.8 Å². The Bertz CT molecular complexity index is 997. The Balaban J connectivity index is 1.52. The van der Waals surface area contributed by atoms with Gasteiger partial charge in [-0.15, -0.1) is 0 Å². The number of fused-ring (bicyclic) bond motifs is 1. The predicted octanol–water partition coefficient (Wildman–Crippen LogP) is 3.16. The zero-order chi connectivity index (χ0) is 21.1. The summed E-state index contributed by atoms with van der Waals surface area (Å²) in [6.45, 7) is 8.71. The maximum Gasteiger partial charge on any atom is 0.272 e. The van der Waals surface area contributed by atoms with Gasteiger partial charge in [0.1, 0.15) is 0 Å². The van der Waals surface area contributed by atoms with Gasteiger partial charge in [-0.1, -0.05) is 48.5 Å². The average molecular weight is 406 g/mol. The number of rotatable bonds is 5. The van der Waals surface area contributed by atoms with Crippen LogP contribution in [0.2, 0.25) is 0 Å². The molecule has 1 aromatic heterocycles. The molecule has 0 radical (unpaired) electrons. The minimum absolute atomic E-state index is 0.0525. The van der Waals surface area contributed by atoms with Crippen molar-refractivity contribution in [2.75, 3.05) is 33.2 Å². The summed E-state index contributed by atoms with van der Waals surface area (Å²) in [6, 6.07) is 18.7. The van der Waals surface area contributed by atoms with E-state index in [-0.39, 0.29) is 18.0 Å². The first-order valence-corrected chi connectivity index (χ1v) is 10.7. The molecule has 0 saturated carbocycles. The van der Waals surface area contributed by atoms with Crippen LogP contribution in [0.25, 0.3) is 10.9 Å². The SMILES string of the molecule is CC(C)n1nc(C(=O)NC2CN(C)CCN(Cc3ccccc3)C2)c2ccccc21. The number of carbonyl (C=O) groups excluding carboxylic acids is 1. The number of para-hydroxylation sites is 1. The third-order valence-electron chi connectivity index (χ3n) is 5.71. The third-order valence-corrected chi connectivity index (χ3v) is 5.71. The Morgan fingerprint density at radius 1 is 1.07 bits per heavy atom. The van der Waals surface area contributed by atoms with Gasteiger partial charge in [0.2, 0.25) is 0 Å². The van der Waals surface area contributed by atoms with Crippen LogP contribution in [0, 0.1) is 0 Å². The highest BCUT2D eigenvalue weighted by Gasteiger charge is 2.25. The fourth-order valence-electron chi connectivity index (χ4n) is 4.22. The van der Waals surface area contributed by atoms with Crippen molar-refractivity contribution in [3.05, 3.63) is 65.9 Å². The van der Waals surface area contributed by atoms with Gasteiger partial charge in [-0.3, -0.25) is 14.4 Å². The molecule has 0 spiro atoms. The molecule has 1 aliphatic rings. The molecule has 1 saturated heterocycles. The molecule has 4 rings (SSSR count). The summed E-state index contributed by atoms with van der Waals surface area (Å²) in [7, 11) is 2.12. The molecule has 6 nitrogen and oxygen atoms in total. The maximum absolute atomic E-state index is 13.2. The summed E-state index contributed by atoms with van der Waals surface area (Å²) >= 11 is 0. The van der Waals surface area contributed by atoms with Crippen LogP contribution in [0.3, 0.4) is 0 Å². The van der Waals surface area contributed by atoms with Crippen LogP contribution in [-0.2, 0) is 6.54 Å². The molecule has 3 aromatic rings. The normalized spacial score (nSPS) is 18.6. The lowest BCUT2D eigenvalue weighted by Crippen LogP contribution is -2.46. The second-order valence-electron chi connectivity index (χ2n) is 8.56. The molecular weight excluding hydrogens is 374 g/mol. The highest BCUT2D eigenvalue weighted by molar-refractivity contribution is 6.05. The number of hydrogen-bond donors (Lipinski definition) is 1. The highest BCUT2D eigenvalue weighted by Crippen LogP contribution is 2.22. The van der Waals surface area contributed by atoms with E-state index in [9.17, 15) is 4.79 Å². The minimum atomic E-state index is -0.0921. The third kappa shape index (κ3) is 4.55. The first kappa shape index (κ1) is 20.6. The summed E-state index contributed by atoms with van der Waals surface area (Å²) in [5, 5.41) is 8.84. The van der Waals surface area contributed by atoms with Gasteiger partial charge in [-0.25, -0.2) is 0 Å². The fourth-order valence-corrected chi connectivity index (χ4v) is 4.22. The molecule has 2 heterocycles. The number of nitrogens with one attached hydrogen (secondary N) is 1. The molecule has 158 valence electrons. The van der Waals surface area contributed by atoms with Gasteiger partial charge in [0.05, 0.1) is 11.6 Å². The zero-order valence-corrected chi connectivity index (χ0v) is 18.1. The van der Waals surface area contributed by atoms with Crippen LogP contribution >= 0.6 is 0 Å². The monoisotopic (exact) mass is 405 g/mol. The van der Waals surface area contributed by atoms with E-state index >= 15 is 0 Å². The van der Waals surface area contributed by atoms with Crippen molar-refractivity contribution in [1.29, 1.82) is 0 Å². The van der Waals surface area contributed by atoms with Crippen LogP contribution in [0.4, 0.5) is 0 Å². The molecule has 1 unspecified atom stereocenters. The molecule has 30 heavy (non-hydrogen) atoms. The number of nitrogens with zero attached hydrogens (tertiary/aromatic N) is 4. The quantitative estimate of drug-likeness (QED) is 0.709. The Labute approximate surface area is 178 Å². The smallest absolute Gasteiger partial charge is 0.272 e. The van der Waals surface area contributed by atoms with E-state index < -0.39 is 0 Å². The molecule has 1 fully saturated rings. The number of benzene rings is 2. The molecule has 6 heteroatoms. The van der Waals surface area contributed by atoms with E-state index in [0.717, 1.165) is 43.6 Å². The minimum Gasteiger partial charge on any atom is -0.345 e. The molecule has 2 aromatic carbocycles. The van der Waals surface area contributed by atoms with Gasteiger partial charge >= 0.3 is 0 Å². The van der Waals surface area contributed by atoms with Crippen molar-refractivity contribution < 1.29 is 4.79 Å². The predicted molar refractivity (Wildman–Crippen MR) is 121 cm³/mol. The van der Waals surface area contributed by atoms with Gasteiger partial charge < -0.3 is 10.2 Å². The lowest BCUT2D eigenvalue weighted by Gasteiger charge is -2.24. The Hall–Kier alpha value is -2.70. The van der Waals surface area contributed by atoms with Crippen molar-refractivity contribution in [3.8, 4) is 0 Å². The zero-order valence-electron chi connectivity index (χ0n) is 18.1. The van der Waals surface area contributed by atoms with E-state index in [1.54, 1.807) is 0 Å². The van der Waals surface area contributed by atoms with E-state index in [1.165, 1.54) is 5.56 Å². The number of likely N-dealkylation sites (N-methyl/N-ethyl adjacent to an activating group) is 1. The molecule has 0 bridgehead atoms. The van der Waals surface area contributed by atoms with Gasteiger partial charge in [-0.05, 0) is 32.5 Å². The Morgan fingerprint density at radius 2 is 1.80 bits per heavy atom. The summed E-state index contributed by atoms with van der Waals surface area (Å²) < 4.78 is 1.94.